The van der Waals surface area contributed by atoms with Gasteiger partial charge in [0, 0.05) is 0 Å². The Kier molecular flexibility index (Phi) is 2.98. The van der Waals surface area contributed by atoms with E-state index in [0.717, 1.165) is 6.07 Å². The molecule has 2 rings (SSSR count). The smallest absolute Gasteiger partial charge is 0.234 e. The molecule has 0 atom stereocenters. The fourth-order valence-electron chi connectivity index (χ4n) is 1.42. The van der Waals surface area contributed by atoms with Gasteiger partial charge in [0.05, 0.1) is 5.56 Å². The second-order valence-electron chi connectivity index (χ2n) is 3.49. The highest BCUT2D eigenvalue weighted by molar-refractivity contribution is 6.29. The molecule has 2 nitrogen and oxygen atoms in total. The fourth-order valence-corrected chi connectivity index (χ4v) is 1.57. The molecule has 1 aromatic heterocycles. The maximum absolute atomic E-state index is 13.7. The van der Waals surface area contributed by atoms with E-state index in [9.17, 15) is 13.6 Å². The molecule has 0 unspecified atom stereocenters. The highest BCUT2D eigenvalue weighted by Gasteiger charge is 2.22. The lowest BCUT2D eigenvalue weighted by atomic mass is 10.0. The van der Waals surface area contributed by atoms with Crippen molar-refractivity contribution in [3.8, 4) is 0 Å². The van der Waals surface area contributed by atoms with E-state index < -0.39 is 23.0 Å². The first-order chi connectivity index (χ1) is 8.00. The summed E-state index contributed by atoms with van der Waals surface area (Å²) in [5.41, 5.74) is -0.441. The molecule has 0 aliphatic heterocycles. The van der Waals surface area contributed by atoms with Gasteiger partial charge in [-0.2, -0.15) is 0 Å². The number of rotatable bonds is 2. The van der Waals surface area contributed by atoms with Gasteiger partial charge in [-0.05, 0) is 42.3 Å². The molecule has 0 aliphatic rings. The van der Waals surface area contributed by atoms with Crippen LogP contribution in [0.5, 0.6) is 0 Å². The van der Waals surface area contributed by atoms with Crippen molar-refractivity contribution >= 4 is 17.4 Å². The van der Waals surface area contributed by atoms with E-state index >= 15 is 0 Å². The Hall–Kier alpha value is -1.68. The first-order valence-electron chi connectivity index (χ1n) is 4.75. The molecule has 88 valence electrons. The fraction of sp³-hybridized carbons (Fsp3) is 0.0833. The minimum Gasteiger partial charge on any atom is -0.441 e. The quantitative estimate of drug-likeness (QED) is 0.766. The largest absolute Gasteiger partial charge is 0.441 e. The van der Waals surface area contributed by atoms with Gasteiger partial charge in [0.15, 0.2) is 11.0 Å². The van der Waals surface area contributed by atoms with Crippen LogP contribution in [0.4, 0.5) is 8.78 Å². The summed E-state index contributed by atoms with van der Waals surface area (Å²) in [5, 5.41) is -0.0122. The van der Waals surface area contributed by atoms with Crippen LogP contribution >= 0.6 is 11.6 Å². The zero-order valence-corrected chi connectivity index (χ0v) is 9.52. The number of hydrogen-bond donors (Lipinski definition) is 0. The second-order valence-corrected chi connectivity index (χ2v) is 3.86. The number of carbonyl (C=O) groups is 1. The summed E-state index contributed by atoms with van der Waals surface area (Å²) in [6.07, 6.45) is 0. The van der Waals surface area contributed by atoms with E-state index in [1.807, 2.05) is 0 Å². The van der Waals surface area contributed by atoms with Gasteiger partial charge in [0.1, 0.15) is 11.6 Å². The molecule has 17 heavy (non-hydrogen) atoms. The van der Waals surface area contributed by atoms with Crippen LogP contribution < -0.4 is 0 Å². The monoisotopic (exact) mass is 256 g/mol. The van der Waals surface area contributed by atoms with E-state index in [2.05, 4.69) is 0 Å². The predicted molar refractivity (Wildman–Crippen MR) is 58.2 cm³/mol. The molecule has 0 aliphatic carbocycles. The van der Waals surface area contributed by atoms with Gasteiger partial charge in [0.2, 0.25) is 5.78 Å². The molecule has 0 N–H and O–H groups in total. The van der Waals surface area contributed by atoms with Crippen molar-refractivity contribution in [2.75, 3.05) is 0 Å². The molecule has 0 fully saturated rings. The number of aryl methyl sites for hydroxylation is 1. The molecule has 0 bridgehead atoms. The lowest BCUT2D eigenvalue weighted by Crippen LogP contribution is -2.07. The zero-order valence-electron chi connectivity index (χ0n) is 8.76. The van der Waals surface area contributed by atoms with Crippen LogP contribution in [-0.4, -0.2) is 5.78 Å². The van der Waals surface area contributed by atoms with Crippen LogP contribution in [0, 0.1) is 18.6 Å². The average Bonchev–Trinajstić information content (AvgIpc) is 2.71. The Bertz CT molecular complexity index is 590. The van der Waals surface area contributed by atoms with Crippen molar-refractivity contribution in [3.63, 3.8) is 0 Å². The molecule has 1 heterocycles. The van der Waals surface area contributed by atoms with Gasteiger partial charge in [-0.1, -0.05) is 6.07 Å². The SMILES string of the molecule is Cc1ccc(F)c(C(=O)c2ccc(Cl)o2)c1F. The Morgan fingerprint density at radius 1 is 1.24 bits per heavy atom. The van der Waals surface area contributed by atoms with Crippen molar-refractivity contribution in [1.82, 2.24) is 0 Å². The van der Waals surface area contributed by atoms with Crippen LogP contribution in [0.25, 0.3) is 0 Å². The lowest BCUT2D eigenvalue weighted by Gasteiger charge is -2.04. The summed E-state index contributed by atoms with van der Waals surface area (Å²) < 4.78 is 31.9. The van der Waals surface area contributed by atoms with Gasteiger partial charge in [-0.3, -0.25) is 4.79 Å². The third-order valence-electron chi connectivity index (χ3n) is 2.31. The number of benzene rings is 1. The minimum atomic E-state index is -0.925. The summed E-state index contributed by atoms with van der Waals surface area (Å²) in [6.45, 7) is 1.45. The topological polar surface area (TPSA) is 30.2 Å². The highest BCUT2D eigenvalue weighted by atomic mass is 35.5. The number of carbonyl (C=O) groups excluding carboxylic acids is 1. The van der Waals surface area contributed by atoms with E-state index in [-0.39, 0.29) is 16.5 Å². The first-order valence-corrected chi connectivity index (χ1v) is 5.13. The first kappa shape index (κ1) is 11.8. The molecule has 0 spiro atoms. The number of ketones is 1. The zero-order chi connectivity index (χ0) is 12.6. The highest BCUT2D eigenvalue weighted by Crippen LogP contribution is 2.22. The van der Waals surface area contributed by atoms with E-state index in [1.54, 1.807) is 0 Å². The Labute approximate surface area is 101 Å². The third kappa shape index (κ3) is 2.08. The molecule has 0 saturated heterocycles. The lowest BCUT2D eigenvalue weighted by molar-refractivity contribution is 0.100. The van der Waals surface area contributed by atoms with Gasteiger partial charge in [0.25, 0.3) is 0 Å². The van der Waals surface area contributed by atoms with E-state index in [4.69, 9.17) is 16.0 Å². The third-order valence-corrected chi connectivity index (χ3v) is 2.51. The molecule has 5 heteroatoms. The molecular weight excluding hydrogens is 250 g/mol. The van der Waals surface area contributed by atoms with Crippen molar-refractivity contribution in [2.24, 2.45) is 0 Å². The second kappa shape index (κ2) is 4.30. The summed E-state index contributed by atoms with van der Waals surface area (Å²) in [7, 11) is 0. The van der Waals surface area contributed by atoms with Crippen LogP contribution in [0.3, 0.4) is 0 Å². The Balaban J connectivity index is 2.54. The van der Waals surface area contributed by atoms with Crippen molar-refractivity contribution in [1.29, 1.82) is 0 Å². The number of furan rings is 1. The normalized spacial score (nSPS) is 10.6. The summed E-state index contributed by atoms with van der Waals surface area (Å²) in [5.74, 6) is -2.87. The Morgan fingerprint density at radius 2 is 1.94 bits per heavy atom. The van der Waals surface area contributed by atoms with Crippen LogP contribution in [-0.2, 0) is 0 Å². The van der Waals surface area contributed by atoms with Crippen LogP contribution in [0.2, 0.25) is 5.22 Å². The van der Waals surface area contributed by atoms with Crippen molar-refractivity contribution in [3.05, 3.63) is 58.0 Å². The van der Waals surface area contributed by atoms with Crippen LogP contribution in [0.1, 0.15) is 21.7 Å². The Morgan fingerprint density at radius 3 is 2.53 bits per heavy atom. The predicted octanol–water partition coefficient (Wildman–Crippen LogP) is 3.75. The van der Waals surface area contributed by atoms with Gasteiger partial charge in [-0.25, -0.2) is 8.78 Å². The molecule has 0 radical (unpaired) electrons. The standard InChI is InChI=1S/C12H7ClF2O2/c1-6-2-3-7(14)10(11(6)15)12(16)8-4-5-9(13)17-8/h2-5H,1H3. The van der Waals surface area contributed by atoms with E-state index in [1.165, 1.54) is 25.1 Å². The summed E-state index contributed by atoms with van der Waals surface area (Å²) in [6, 6.07) is 4.90. The molecule has 0 saturated carbocycles. The molecule has 2 aromatic rings. The maximum atomic E-state index is 13.7. The minimum absolute atomic E-state index is 0.0122. The van der Waals surface area contributed by atoms with Gasteiger partial charge < -0.3 is 4.42 Å². The van der Waals surface area contributed by atoms with Crippen molar-refractivity contribution in [2.45, 2.75) is 6.92 Å². The molecule has 1 aromatic carbocycles. The molecular formula is C12H7ClF2O2. The summed E-state index contributed by atoms with van der Waals surface area (Å²) >= 11 is 5.50. The van der Waals surface area contributed by atoms with Gasteiger partial charge in [-0.15, -0.1) is 0 Å². The average molecular weight is 257 g/mol. The van der Waals surface area contributed by atoms with Gasteiger partial charge >= 0.3 is 0 Å². The van der Waals surface area contributed by atoms with E-state index in [0.29, 0.717) is 0 Å². The number of hydrogen-bond acceptors (Lipinski definition) is 2. The summed E-state index contributed by atoms with van der Waals surface area (Å²) in [4.78, 5) is 11.8. The molecule has 0 amide bonds. The number of halogens is 3. The maximum Gasteiger partial charge on any atom is 0.234 e. The van der Waals surface area contributed by atoms with Crippen LogP contribution in [0.15, 0.2) is 28.7 Å². The van der Waals surface area contributed by atoms with Crippen molar-refractivity contribution < 1.29 is 18.0 Å².